The molecule has 5 nitrogen and oxygen atoms in total. The second-order valence-electron chi connectivity index (χ2n) is 6.49. The summed E-state index contributed by atoms with van der Waals surface area (Å²) in [5, 5.41) is 0. The molecule has 136 valence electrons. The summed E-state index contributed by atoms with van der Waals surface area (Å²) in [5.41, 5.74) is 0.673. The number of piperidine rings is 1. The average Bonchev–Trinajstić information content (AvgIpc) is 2.67. The van der Waals surface area contributed by atoms with Crippen molar-refractivity contribution < 1.29 is 19.1 Å². The van der Waals surface area contributed by atoms with Crippen molar-refractivity contribution in [2.24, 2.45) is 0 Å². The lowest BCUT2D eigenvalue weighted by Crippen LogP contribution is -2.51. The van der Waals surface area contributed by atoms with Crippen LogP contribution in [0.1, 0.15) is 42.5 Å². The van der Waals surface area contributed by atoms with Crippen molar-refractivity contribution in [3.05, 3.63) is 29.8 Å². The molecule has 0 radical (unpaired) electrons. The molecule has 2 fully saturated rings. The number of carbonyl (C=O) groups excluding carboxylic acids is 2. The van der Waals surface area contributed by atoms with Crippen LogP contribution in [0.3, 0.4) is 0 Å². The lowest BCUT2D eigenvalue weighted by molar-refractivity contribution is -0.282. The van der Waals surface area contributed by atoms with Crippen molar-refractivity contribution in [2.75, 3.05) is 32.6 Å². The molecule has 6 heteroatoms. The summed E-state index contributed by atoms with van der Waals surface area (Å²) in [5.74, 6) is -0.419. The van der Waals surface area contributed by atoms with Crippen LogP contribution in [0.15, 0.2) is 29.2 Å². The molecule has 2 saturated heterocycles. The van der Waals surface area contributed by atoms with Crippen LogP contribution in [0.4, 0.5) is 0 Å². The van der Waals surface area contributed by atoms with E-state index in [0.717, 1.165) is 24.5 Å². The number of carbonyl (C=O) groups is 2. The van der Waals surface area contributed by atoms with E-state index in [-0.39, 0.29) is 24.5 Å². The zero-order valence-electron chi connectivity index (χ0n) is 14.7. The van der Waals surface area contributed by atoms with E-state index in [1.54, 1.807) is 11.8 Å². The van der Waals surface area contributed by atoms with Gasteiger partial charge in [-0.2, -0.15) is 0 Å². The Morgan fingerprint density at radius 1 is 1.08 bits per heavy atom. The molecule has 2 heterocycles. The number of ketones is 1. The summed E-state index contributed by atoms with van der Waals surface area (Å²) < 4.78 is 11.6. The highest BCUT2D eigenvalue weighted by Crippen LogP contribution is 2.31. The first-order valence-corrected chi connectivity index (χ1v) is 10.1. The molecular weight excluding hydrogens is 338 g/mol. The Bertz CT molecular complexity index is 600. The highest BCUT2D eigenvalue weighted by Gasteiger charge is 2.39. The van der Waals surface area contributed by atoms with Crippen LogP contribution in [0.2, 0.25) is 0 Å². The molecule has 0 aliphatic carbocycles. The lowest BCUT2D eigenvalue weighted by atomic mass is 10.0. The molecule has 2 aliphatic rings. The van der Waals surface area contributed by atoms with Gasteiger partial charge in [-0.15, -0.1) is 11.8 Å². The maximum atomic E-state index is 12.4. The normalized spacial score (nSPS) is 19.8. The van der Waals surface area contributed by atoms with Gasteiger partial charge in [0.1, 0.15) is 0 Å². The molecule has 0 aromatic heterocycles. The van der Waals surface area contributed by atoms with Crippen molar-refractivity contribution in [2.45, 2.75) is 42.8 Å². The topological polar surface area (TPSA) is 55.8 Å². The maximum absolute atomic E-state index is 12.4. The molecule has 0 unspecified atom stereocenters. The van der Waals surface area contributed by atoms with Gasteiger partial charge in [0, 0.05) is 49.2 Å². The molecule has 0 atom stereocenters. The van der Waals surface area contributed by atoms with Crippen LogP contribution in [-0.2, 0) is 14.3 Å². The minimum absolute atomic E-state index is 0.0217. The molecule has 25 heavy (non-hydrogen) atoms. The van der Waals surface area contributed by atoms with E-state index < -0.39 is 5.79 Å². The Hall–Kier alpha value is -1.37. The van der Waals surface area contributed by atoms with Crippen LogP contribution >= 0.6 is 11.8 Å². The van der Waals surface area contributed by atoms with E-state index in [1.807, 2.05) is 35.4 Å². The van der Waals surface area contributed by atoms with Crippen LogP contribution in [0, 0.1) is 0 Å². The third-order valence-electron chi connectivity index (χ3n) is 4.87. The van der Waals surface area contributed by atoms with Gasteiger partial charge >= 0.3 is 0 Å². The van der Waals surface area contributed by atoms with Gasteiger partial charge in [-0.05, 0) is 24.8 Å². The number of rotatable bonds is 5. The van der Waals surface area contributed by atoms with Crippen LogP contribution < -0.4 is 0 Å². The summed E-state index contributed by atoms with van der Waals surface area (Å²) in [6, 6.07) is 7.55. The van der Waals surface area contributed by atoms with Gasteiger partial charge in [-0.1, -0.05) is 12.1 Å². The quantitative estimate of drug-likeness (QED) is 0.594. The highest BCUT2D eigenvalue weighted by atomic mass is 32.2. The Morgan fingerprint density at radius 2 is 1.72 bits per heavy atom. The monoisotopic (exact) mass is 363 g/mol. The standard InChI is InChI=1S/C19H25NO4S/c1-25-16-5-3-15(4-6-16)17(21)7-8-18(22)20-11-9-19(10-12-20)23-13-2-14-24-19/h3-6H,2,7-14H2,1H3. The van der Waals surface area contributed by atoms with Gasteiger partial charge in [0.05, 0.1) is 13.2 Å². The second kappa shape index (κ2) is 8.34. The second-order valence-corrected chi connectivity index (χ2v) is 7.37. The van der Waals surface area contributed by atoms with Crippen LogP contribution in [-0.4, -0.2) is 54.9 Å². The van der Waals surface area contributed by atoms with Gasteiger partial charge in [0.2, 0.25) is 5.91 Å². The molecule has 1 aromatic carbocycles. The van der Waals surface area contributed by atoms with E-state index in [4.69, 9.17) is 9.47 Å². The number of thioether (sulfide) groups is 1. The summed E-state index contributed by atoms with van der Waals surface area (Å²) in [6.45, 7) is 2.74. The Balaban J connectivity index is 1.45. The first-order chi connectivity index (χ1) is 12.1. The van der Waals surface area contributed by atoms with E-state index in [2.05, 4.69) is 0 Å². The fourth-order valence-corrected chi connectivity index (χ4v) is 3.71. The molecule has 1 aromatic rings. The number of likely N-dealkylation sites (tertiary alicyclic amines) is 1. The fourth-order valence-electron chi connectivity index (χ4n) is 3.30. The van der Waals surface area contributed by atoms with E-state index in [0.29, 0.717) is 31.5 Å². The predicted octanol–water partition coefficient (Wildman–Crippen LogP) is 3.13. The number of nitrogens with zero attached hydrogens (tertiary/aromatic N) is 1. The van der Waals surface area contributed by atoms with Crippen molar-refractivity contribution >= 4 is 23.5 Å². The molecule has 0 saturated carbocycles. The average molecular weight is 363 g/mol. The third-order valence-corrected chi connectivity index (χ3v) is 5.62. The number of benzene rings is 1. The molecule has 1 amide bonds. The van der Waals surface area contributed by atoms with Crippen LogP contribution in [0.5, 0.6) is 0 Å². The van der Waals surface area contributed by atoms with Gasteiger partial charge in [-0.25, -0.2) is 0 Å². The molecule has 0 bridgehead atoms. The van der Waals surface area contributed by atoms with Gasteiger partial charge in [-0.3, -0.25) is 9.59 Å². The number of Topliss-reactive ketones (excluding diaryl/α,β-unsaturated/α-hetero) is 1. The molecule has 1 spiro atoms. The Labute approximate surface area is 153 Å². The van der Waals surface area contributed by atoms with E-state index >= 15 is 0 Å². The number of ether oxygens (including phenoxy) is 2. The maximum Gasteiger partial charge on any atom is 0.223 e. The molecule has 3 rings (SSSR count). The largest absolute Gasteiger partial charge is 0.350 e. The predicted molar refractivity (Wildman–Crippen MR) is 96.9 cm³/mol. The fraction of sp³-hybridized carbons (Fsp3) is 0.579. The molecule has 0 N–H and O–H groups in total. The molecular formula is C19H25NO4S. The van der Waals surface area contributed by atoms with E-state index in [1.165, 1.54) is 0 Å². The summed E-state index contributed by atoms with van der Waals surface area (Å²) in [6.07, 6.45) is 4.88. The Kier molecular flexibility index (Phi) is 6.15. The number of hydrogen-bond donors (Lipinski definition) is 0. The third kappa shape index (κ3) is 4.63. The Morgan fingerprint density at radius 3 is 2.32 bits per heavy atom. The highest BCUT2D eigenvalue weighted by molar-refractivity contribution is 7.98. The van der Waals surface area contributed by atoms with Crippen molar-refractivity contribution in [3.8, 4) is 0 Å². The summed E-state index contributed by atoms with van der Waals surface area (Å²) >= 11 is 1.64. The summed E-state index contributed by atoms with van der Waals surface area (Å²) in [7, 11) is 0. The van der Waals surface area contributed by atoms with Crippen molar-refractivity contribution in [1.82, 2.24) is 4.90 Å². The zero-order valence-corrected chi connectivity index (χ0v) is 15.5. The minimum Gasteiger partial charge on any atom is -0.350 e. The SMILES string of the molecule is CSc1ccc(C(=O)CCC(=O)N2CCC3(CC2)OCCCO3)cc1. The minimum atomic E-state index is -0.482. The smallest absolute Gasteiger partial charge is 0.223 e. The van der Waals surface area contributed by atoms with Gasteiger partial charge in [0.15, 0.2) is 11.6 Å². The van der Waals surface area contributed by atoms with Gasteiger partial charge in [0.25, 0.3) is 0 Å². The van der Waals surface area contributed by atoms with Gasteiger partial charge < -0.3 is 14.4 Å². The number of amides is 1. The molecule has 2 aliphatic heterocycles. The lowest BCUT2D eigenvalue weighted by Gasteiger charge is -2.43. The first kappa shape index (κ1) is 18.4. The first-order valence-electron chi connectivity index (χ1n) is 8.85. The van der Waals surface area contributed by atoms with E-state index in [9.17, 15) is 9.59 Å². The summed E-state index contributed by atoms with van der Waals surface area (Å²) in [4.78, 5) is 27.6. The van der Waals surface area contributed by atoms with Crippen LogP contribution in [0.25, 0.3) is 0 Å². The zero-order chi connectivity index (χ0) is 17.7. The number of hydrogen-bond acceptors (Lipinski definition) is 5. The van der Waals surface area contributed by atoms with Crippen molar-refractivity contribution in [3.63, 3.8) is 0 Å². The van der Waals surface area contributed by atoms with Crippen molar-refractivity contribution in [1.29, 1.82) is 0 Å².